The Morgan fingerprint density at radius 1 is 1.15 bits per heavy atom. The lowest BCUT2D eigenvalue weighted by Crippen LogP contribution is -2.26. The zero-order chi connectivity index (χ0) is 14.1. The number of benzene rings is 2. The highest BCUT2D eigenvalue weighted by Crippen LogP contribution is 2.42. The zero-order valence-corrected chi connectivity index (χ0v) is 11.7. The van der Waals surface area contributed by atoms with Gasteiger partial charge in [0.15, 0.2) is 0 Å². The molecule has 2 unspecified atom stereocenters. The van der Waals surface area contributed by atoms with E-state index in [9.17, 15) is 4.39 Å². The molecule has 0 aromatic heterocycles. The summed E-state index contributed by atoms with van der Waals surface area (Å²) < 4.78 is 19.1. The summed E-state index contributed by atoms with van der Waals surface area (Å²) >= 11 is 0. The molecule has 0 aliphatic carbocycles. The molecule has 0 spiro atoms. The first-order valence-corrected chi connectivity index (χ1v) is 6.88. The minimum Gasteiger partial charge on any atom is -0.496 e. The van der Waals surface area contributed by atoms with Crippen LogP contribution >= 0.6 is 0 Å². The van der Waals surface area contributed by atoms with Crippen LogP contribution in [0.15, 0.2) is 42.5 Å². The monoisotopic (exact) mass is 271 g/mol. The quantitative estimate of drug-likeness (QED) is 0.885. The number of hydrogen-bond acceptors (Lipinski definition) is 2. The van der Waals surface area contributed by atoms with Crippen molar-refractivity contribution in [1.82, 2.24) is 0 Å². The van der Waals surface area contributed by atoms with Gasteiger partial charge >= 0.3 is 0 Å². The molecule has 2 nitrogen and oxygen atoms in total. The summed E-state index contributed by atoms with van der Waals surface area (Å²) in [5.74, 6) is 0.692. The number of para-hydroxylation sites is 1. The first kappa shape index (κ1) is 13.0. The second-order valence-electron chi connectivity index (χ2n) is 5.31. The van der Waals surface area contributed by atoms with E-state index >= 15 is 0 Å². The highest BCUT2D eigenvalue weighted by atomic mass is 19.1. The van der Waals surface area contributed by atoms with Gasteiger partial charge in [-0.25, -0.2) is 4.39 Å². The van der Waals surface area contributed by atoms with Gasteiger partial charge in [0.1, 0.15) is 11.6 Å². The van der Waals surface area contributed by atoms with E-state index in [-0.39, 0.29) is 11.7 Å². The van der Waals surface area contributed by atoms with Crippen molar-refractivity contribution >= 4 is 5.69 Å². The molecule has 2 aromatic carbocycles. The molecule has 104 valence electrons. The second-order valence-corrected chi connectivity index (χ2v) is 5.31. The van der Waals surface area contributed by atoms with Crippen LogP contribution < -0.4 is 10.1 Å². The molecule has 2 atom stereocenters. The fraction of sp³-hybridized carbons (Fsp3) is 0.294. The lowest BCUT2D eigenvalue weighted by molar-refractivity contribution is 0.403. The van der Waals surface area contributed by atoms with Gasteiger partial charge in [-0.05, 0) is 43.2 Å². The van der Waals surface area contributed by atoms with Crippen molar-refractivity contribution < 1.29 is 9.13 Å². The third-order valence-corrected chi connectivity index (χ3v) is 3.89. The maximum Gasteiger partial charge on any atom is 0.123 e. The average Bonchev–Trinajstić information content (AvgIpc) is 2.46. The fourth-order valence-corrected chi connectivity index (χ4v) is 3.01. The van der Waals surface area contributed by atoms with Crippen molar-refractivity contribution in [2.45, 2.75) is 25.3 Å². The number of anilines is 1. The lowest BCUT2D eigenvalue weighted by atomic mass is 9.82. The minimum absolute atomic E-state index is 0.160. The van der Waals surface area contributed by atoms with E-state index in [4.69, 9.17) is 4.74 Å². The summed E-state index contributed by atoms with van der Waals surface area (Å²) in [4.78, 5) is 0. The number of hydrogen-bond donors (Lipinski definition) is 1. The Kier molecular flexibility index (Phi) is 3.35. The van der Waals surface area contributed by atoms with Crippen molar-refractivity contribution in [3.05, 3.63) is 59.4 Å². The highest BCUT2D eigenvalue weighted by Gasteiger charge is 2.27. The van der Waals surface area contributed by atoms with Crippen LogP contribution in [0.3, 0.4) is 0 Å². The maximum absolute atomic E-state index is 13.6. The topological polar surface area (TPSA) is 21.3 Å². The Balaban J connectivity index is 2.13. The predicted octanol–water partition coefficient (Wildman–Crippen LogP) is 4.17. The van der Waals surface area contributed by atoms with Crippen LogP contribution in [0.1, 0.15) is 30.4 Å². The first-order chi connectivity index (χ1) is 9.69. The van der Waals surface area contributed by atoms with Crippen LogP contribution in [0.5, 0.6) is 5.75 Å². The molecule has 3 heteroatoms. The molecule has 0 saturated carbocycles. The molecule has 1 N–H and O–H groups in total. The predicted molar refractivity (Wildman–Crippen MR) is 78.9 cm³/mol. The summed E-state index contributed by atoms with van der Waals surface area (Å²) in [5, 5.41) is 3.48. The Labute approximate surface area is 118 Å². The second kappa shape index (κ2) is 5.16. The maximum atomic E-state index is 13.6. The number of ether oxygens (including phenoxy) is 1. The molecule has 0 fully saturated rings. The fourth-order valence-electron chi connectivity index (χ4n) is 3.01. The van der Waals surface area contributed by atoms with Gasteiger partial charge in [-0.2, -0.15) is 0 Å². The van der Waals surface area contributed by atoms with Gasteiger partial charge in [-0.15, -0.1) is 0 Å². The van der Waals surface area contributed by atoms with Gasteiger partial charge in [-0.3, -0.25) is 0 Å². The Hall–Kier alpha value is -2.03. The van der Waals surface area contributed by atoms with Gasteiger partial charge in [-0.1, -0.05) is 18.2 Å². The van der Waals surface area contributed by atoms with E-state index in [1.165, 1.54) is 11.6 Å². The number of fused-ring (bicyclic) bond motifs is 1. The normalized spacial score (nSPS) is 20.9. The van der Waals surface area contributed by atoms with E-state index in [2.05, 4.69) is 24.4 Å². The van der Waals surface area contributed by atoms with Crippen LogP contribution in [0, 0.1) is 5.82 Å². The highest BCUT2D eigenvalue weighted by molar-refractivity contribution is 5.59. The van der Waals surface area contributed by atoms with Crippen molar-refractivity contribution in [1.29, 1.82) is 0 Å². The van der Waals surface area contributed by atoms with Crippen molar-refractivity contribution in [3.8, 4) is 5.75 Å². The Morgan fingerprint density at radius 2 is 1.95 bits per heavy atom. The Bertz CT molecular complexity index is 626. The van der Waals surface area contributed by atoms with Crippen LogP contribution in [0.4, 0.5) is 10.1 Å². The molecule has 1 aliphatic heterocycles. The van der Waals surface area contributed by atoms with Crippen molar-refractivity contribution in [2.24, 2.45) is 0 Å². The van der Waals surface area contributed by atoms with Gasteiger partial charge in [0.05, 0.1) is 7.11 Å². The van der Waals surface area contributed by atoms with Crippen LogP contribution in [-0.4, -0.2) is 13.2 Å². The van der Waals surface area contributed by atoms with Gasteiger partial charge < -0.3 is 10.1 Å². The SMILES string of the molecule is COc1ccc(F)cc1C1CC(C)Nc2ccccc21. The number of rotatable bonds is 2. The molecule has 3 rings (SSSR count). The average molecular weight is 271 g/mol. The smallest absolute Gasteiger partial charge is 0.123 e. The first-order valence-electron chi connectivity index (χ1n) is 6.88. The van der Waals surface area contributed by atoms with Crippen molar-refractivity contribution in [3.63, 3.8) is 0 Å². The van der Waals surface area contributed by atoms with E-state index < -0.39 is 0 Å². The molecular formula is C17H18FNO. The molecule has 1 aliphatic rings. The number of halogens is 1. The molecule has 20 heavy (non-hydrogen) atoms. The summed E-state index contributed by atoms with van der Waals surface area (Å²) in [6.07, 6.45) is 0.927. The van der Waals surface area contributed by atoms with E-state index in [1.54, 1.807) is 19.2 Å². The molecular weight excluding hydrogens is 253 g/mol. The summed E-state index contributed by atoms with van der Waals surface area (Å²) in [5.41, 5.74) is 3.25. The van der Waals surface area contributed by atoms with Gasteiger partial charge in [0, 0.05) is 23.2 Å². The molecule has 0 saturated heterocycles. The molecule has 1 heterocycles. The van der Waals surface area contributed by atoms with Crippen molar-refractivity contribution in [2.75, 3.05) is 12.4 Å². The largest absolute Gasteiger partial charge is 0.496 e. The van der Waals surface area contributed by atoms with E-state index in [1.807, 2.05) is 12.1 Å². The van der Waals surface area contributed by atoms with E-state index in [0.29, 0.717) is 6.04 Å². The Morgan fingerprint density at radius 3 is 2.75 bits per heavy atom. The number of methoxy groups -OCH3 is 1. The molecule has 0 amide bonds. The molecule has 0 bridgehead atoms. The summed E-state index contributed by atoms with van der Waals surface area (Å²) in [6.45, 7) is 2.15. The third kappa shape index (κ3) is 2.24. The summed E-state index contributed by atoms with van der Waals surface area (Å²) in [7, 11) is 1.63. The van der Waals surface area contributed by atoms with Gasteiger partial charge in [0.25, 0.3) is 0 Å². The summed E-state index contributed by atoms with van der Waals surface area (Å²) in [6, 6.07) is 13.3. The number of nitrogens with one attached hydrogen (secondary N) is 1. The van der Waals surface area contributed by atoms with Crippen LogP contribution in [-0.2, 0) is 0 Å². The molecule has 2 aromatic rings. The van der Waals surface area contributed by atoms with Crippen LogP contribution in [0.25, 0.3) is 0 Å². The minimum atomic E-state index is -0.218. The third-order valence-electron chi connectivity index (χ3n) is 3.89. The lowest BCUT2D eigenvalue weighted by Gasteiger charge is -2.32. The van der Waals surface area contributed by atoms with Crippen LogP contribution in [0.2, 0.25) is 0 Å². The van der Waals surface area contributed by atoms with E-state index in [0.717, 1.165) is 23.4 Å². The standard InChI is InChI=1S/C17H18FNO/c1-11-9-14(13-5-3-4-6-16(13)19-11)15-10-12(18)7-8-17(15)20-2/h3-8,10-11,14,19H,9H2,1-2H3. The molecule has 0 radical (unpaired) electrons. The van der Waals surface area contributed by atoms with Gasteiger partial charge in [0.2, 0.25) is 0 Å². The zero-order valence-electron chi connectivity index (χ0n) is 11.7.